The smallest absolute Gasteiger partial charge is 0.338 e. The summed E-state index contributed by atoms with van der Waals surface area (Å²) in [6.45, 7) is 4.85. The number of rotatable bonds is 15. The number of benzene rings is 1. The van der Waals surface area contributed by atoms with Crippen molar-refractivity contribution in [2.45, 2.75) is 96.1 Å². The van der Waals surface area contributed by atoms with Crippen molar-refractivity contribution >= 4 is 186 Å². The van der Waals surface area contributed by atoms with Crippen LogP contribution in [0.1, 0.15) is 64.7 Å². The molecule has 31 heteroatoms. The largest absolute Gasteiger partial charge is 0.455 e. The Hall–Kier alpha value is 5.48. The van der Waals surface area contributed by atoms with Crippen molar-refractivity contribution in [3.05, 3.63) is 47.0 Å². The van der Waals surface area contributed by atoms with Crippen LogP contribution in [0, 0.1) is 16.7 Å². The fourth-order valence-electron chi connectivity index (χ4n) is 9.15. The maximum atomic E-state index is 16.3. The van der Waals surface area contributed by atoms with Crippen LogP contribution in [0.2, 0.25) is 0 Å². The van der Waals surface area contributed by atoms with E-state index < -0.39 is 146 Å². The number of carbonyl (C=O) groups excluding carboxylic acids is 4. The number of esters is 3. The van der Waals surface area contributed by atoms with E-state index in [1.54, 1.807) is 37.3 Å². The van der Waals surface area contributed by atoms with E-state index in [1.807, 2.05) is 20.8 Å². The standard InChI is InChI=1S/C31H58O11P20/c1-15-19(41-55(61(53)58(47)48)62(59(49)50)60(51)52)13-31(36)26(39-27(35)18-10-8-7-9-11-18)24-29(6,25(34)23(38-16(2)32)22(15)28(31,4)5)20(42-54(56(43)44)57(45)46)12-21-30(24,14-37-21)40-17(3)33/h7-11,19-21,23-24,26,36H,12-14,43-53H2,1-6H3/t19-,20-,21+,23+,24-,26-,29+,30-,31+,55?,61?/m0/s1. The van der Waals surface area contributed by atoms with E-state index in [1.165, 1.54) is 13.8 Å². The molecule has 0 aromatic heterocycles. The van der Waals surface area contributed by atoms with E-state index in [9.17, 15) is 19.5 Å². The highest BCUT2D eigenvalue weighted by Crippen LogP contribution is 3.17. The predicted molar refractivity (Wildman–Crippen MR) is 312 cm³/mol. The van der Waals surface area contributed by atoms with Crippen molar-refractivity contribution in [2.24, 2.45) is 16.7 Å². The van der Waals surface area contributed by atoms with Crippen LogP contribution in [-0.4, -0.2) is 77.1 Å². The quantitative estimate of drug-likeness (QED) is 0.0775. The van der Waals surface area contributed by atoms with Gasteiger partial charge in [0, 0.05) is 46.1 Å². The van der Waals surface area contributed by atoms with Crippen LogP contribution in [0.3, 0.4) is 0 Å². The lowest BCUT2D eigenvalue weighted by Crippen LogP contribution is -2.82. The monoisotopic (exact) mass is 1230 g/mol. The average Bonchev–Trinajstić information content (AvgIpc) is 3.15. The lowest BCUT2D eigenvalue weighted by molar-refractivity contribution is -0.343. The Kier molecular flexibility index (Phi) is 22.4. The second kappa shape index (κ2) is 23.8. The van der Waals surface area contributed by atoms with Crippen LogP contribution in [0.25, 0.3) is 0 Å². The first-order valence-electron chi connectivity index (χ1n) is 18.7. The van der Waals surface area contributed by atoms with Gasteiger partial charge >= 0.3 is 17.9 Å². The van der Waals surface area contributed by atoms with Gasteiger partial charge in [0.25, 0.3) is 0 Å². The number of hydrogen-bond acceptors (Lipinski definition) is 11. The molecule has 0 radical (unpaired) electrons. The number of fused-ring (bicyclic) bond motifs is 5. The van der Waals surface area contributed by atoms with E-state index in [4.69, 9.17) is 28.0 Å². The third-order valence-corrected chi connectivity index (χ3v) is 105. The summed E-state index contributed by atoms with van der Waals surface area (Å²) in [5.41, 5.74) is -5.35. The minimum absolute atomic E-state index is 0.0424. The molecule has 1 N–H and O–H groups in total. The van der Waals surface area contributed by atoms with Gasteiger partial charge in [-0.3, -0.25) is 14.4 Å². The Morgan fingerprint density at radius 2 is 1.37 bits per heavy atom. The van der Waals surface area contributed by atoms with Gasteiger partial charge in [-0.25, -0.2) is 4.79 Å². The molecule has 2 bridgehead atoms. The SMILES string of the molecule is CC(=O)O[C@H]1C(=O)[C@]2(C)[C@@H](OP(P(P)P)P(P)P)C[C@H]3OC[C@@]3(OC(C)=O)[C@H]2[C@H](OC(=O)c2ccccc2)[C@]2(O)C[C@H](OP(P(P)P(P)P)P(P(P)P)P(P)P)C(C)=C1C2(C)C. The van der Waals surface area contributed by atoms with Gasteiger partial charge in [0.05, 0.1) is 50.8 Å². The fraction of sp³-hybridized carbons (Fsp3) is 0.613. The first-order chi connectivity index (χ1) is 28.7. The second-order valence-electron chi connectivity index (χ2n) is 15.9. The summed E-state index contributed by atoms with van der Waals surface area (Å²) in [5, 5.41) is 14.2. The molecule has 1 aromatic carbocycles. The topological polar surface area (TPSA) is 144 Å². The van der Waals surface area contributed by atoms with E-state index in [0.29, 0.717) is 11.1 Å². The Bertz CT molecular complexity index is 1860. The van der Waals surface area contributed by atoms with E-state index in [-0.39, 0.29) is 25.0 Å². The molecule has 3 fully saturated rings. The van der Waals surface area contributed by atoms with Crippen LogP contribution in [0.4, 0.5) is 0 Å². The lowest BCUT2D eigenvalue weighted by Gasteiger charge is -2.68. The van der Waals surface area contributed by atoms with Crippen molar-refractivity contribution in [3.63, 3.8) is 0 Å². The van der Waals surface area contributed by atoms with Crippen molar-refractivity contribution in [3.8, 4) is 0 Å². The molecule has 1 saturated heterocycles. The molecule has 62 heavy (non-hydrogen) atoms. The van der Waals surface area contributed by atoms with Crippen LogP contribution in [0.15, 0.2) is 41.5 Å². The minimum Gasteiger partial charge on any atom is -0.455 e. The van der Waals surface area contributed by atoms with Crippen molar-refractivity contribution < 1.29 is 52.3 Å². The molecule has 0 spiro atoms. The Morgan fingerprint density at radius 3 is 1.84 bits per heavy atom. The highest BCUT2D eigenvalue weighted by Gasteiger charge is 2.79. The minimum atomic E-state index is -2.02. The van der Waals surface area contributed by atoms with Crippen molar-refractivity contribution in [2.75, 3.05) is 6.61 Å². The summed E-state index contributed by atoms with van der Waals surface area (Å²) in [6.07, 6.45) is -5.37. The van der Waals surface area contributed by atoms with Gasteiger partial charge in [0.1, 0.15) is 17.8 Å². The molecule has 22 atom stereocenters. The summed E-state index contributed by atoms with van der Waals surface area (Å²) in [4.78, 5) is 57.8. The third-order valence-electron chi connectivity index (χ3n) is 12.0. The molecule has 13 unspecified atom stereocenters. The molecular weight excluding hydrogens is 1170 g/mol. The Balaban J connectivity index is 1.91. The van der Waals surface area contributed by atoms with Crippen LogP contribution < -0.4 is 0 Å². The van der Waals surface area contributed by atoms with Crippen LogP contribution >= 0.6 is 162 Å². The molecule has 11 nitrogen and oxygen atoms in total. The zero-order valence-electron chi connectivity index (χ0n) is 34.9. The second-order valence-corrected chi connectivity index (χ2v) is 88.3. The van der Waals surface area contributed by atoms with Gasteiger partial charge in [-0.2, -0.15) is 0 Å². The summed E-state index contributed by atoms with van der Waals surface area (Å²) in [7, 11) is 30.2. The number of carbonyl (C=O) groups is 4. The normalized spacial score (nSPS) is 33.0. The Labute approximate surface area is 401 Å². The van der Waals surface area contributed by atoms with Gasteiger partial charge < -0.3 is 33.1 Å². The van der Waals surface area contributed by atoms with Gasteiger partial charge in [0.2, 0.25) is 0 Å². The summed E-state index contributed by atoms with van der Waals surface area (Å²) < 4.78 is 40.4. The van der Waals surface area contributed by atoms with Gasteiger partial charge in [-0.05, 0) is 72.1 Å². The maximum Gasteiger partial charge on any atom is 0.338 e. The summed E-state index contributed by atoms with van der Waals surface area (Å²) >= 11 is 0. The van der Waals surface area contributed by atoms with E-state index >= 15 is 4.79 Å². The zero-order chi connectivity index (χ0) is 46.6. The number of aliphatic hydroxyl groups is 1. The van der Waals surface area contributed by atoms with Crippen molar-refractivity contribution in [1.29, 1.82) is 0 Å². The molecule has 3 aliphatic carbocycles. The molecule has 348 valence electrons. The molecular formula is C31H58O11P20. The average molecular weight is 1230 g/mol. The first-order valence-corrected chi connectivity index (χ1v) is 53.3. The summed E-state index contributed by atoms with van der Waals surface area (Å²) in [6, 6.07) is 8.51. The first kappa shape index (κ1) is 58.4. The number of ether oxygens (including phenoxy) is 4. The maximum absolute atomic E-state index is 16.3. The number of Topliss-reactive ketones (excluding diaryl/α,β-unsaturated/α-hetero) is 1. The lowest BCUT2D eigenvalue weighted by atomic mass is 9.44. The van der Waals surface area contributed by atoms with E-state index in [0.717, 1.165) is 0 Å². The summed E-state index contributed by atoms with van der Waals surface area (Å²) in [5.74, 6) is -3.78. The van der Waals surface area contributed by atoms with Crippen molar-refractivity contribution in [1.82, 2.24) is 0 Å². The zero-order valence-corrected chi connectivity index (χ0v) is 55.6. The number of ketones is 1. The van der Waals surface area contributed by atoms with E-state index in [2.05, 4.69) is 98.2 Å². The molecule has 5 rings (SSSR count). The number of hydrogen-bond donors (Lipinski definition) is 1. The predicted octanol–water partition coefficient (Wildman–Crippen LogP) is 14.0. The molecule has 1 aromatic rings. The molecule has 4 aliphatic rings. The van der Waals surface area contributed by atoms with Gasteiger partial charge in [-0.1, -0.05) is 41.0 Å². The highest BCUT2D eigenvalue weighted by atomic mass is 33.2. The third kappa shape index (κ3) is 11.7. The molecule has 2 saturated carbocycles. The Morgan fingerprint density at radius 1 is 0.790 bits per heavy atom. The fourth-order valence-corrected chi connectivity index (χ4v) is 138. The highest BCUT2D eigenvalue weighted by molar-refractivity contribution is 9.19. The molecule has 0 amide bonds. The van der Waals surface area contributed by atoms with Crippen LogP contribution in [0.5, 0.6) is 0 Å². The van der Waals surface area contributed by atoms with Crippen LogP contribution in [-0.2, 0) is 42.4 Å². The molecule has 1 aliphatic heterocycles. The van der Waals surface area contributed by atoms with Gasteiger partial charge in [0.15, 0.2) is 17.5 Å². The van der Waals surface area contributed by atoms with Gasteiger partial charge in [-0.15, -0.1) is 89.3 Å². The molecule has 1 heterocycles.